The molecular formula is C33H34N2O5S. The summed E-state index contributed by atoms with van der Waals surface area (Å²) in [6, 6.07) is 20.5. The van der Waals surface area contributed by atoms with Crippen LogP contribution in [-0.2, 0) is 36.2 Å². The second-order valence-electron chi connectivity index (χ2n) is 11.4. The predicted octanol–water partition coefficient (Wildman–Crippen LogP) is 6.29. The SMILES string of the molecule is COc1cc(C(=O)N2Cc3cc(OCc4cscn4)ccc3CC2(Cc2ccccc2)C(=O)O)ccc1C(C)(C)C. The Hall–Kier alpha value is -4.17. The van der Waals surface area contributed by atoms with Gasteiger partial charge in [0.05, 0.1) is 18.3 Å². The third-order valence-corrected chi connectivity index (χ3v) is 8.25. The van der Waals surface area contributed by atoms with Crippen LogP contribution in [0.25, 0.3) is 0 Å². The second kappa shape index (κ2) is 11.4. The van der Waals surface area contributed by atoms with Crippen molar-refractivity contribution in [1.82, 2.24) is 9.88 Å². The van der Waals surface area contributed by atoms with E-state index < -0.39 is 11.5 Å². The lowest BCUT2D eigenvalue weighted by Crippen LogP contribution is -2.61. The van der Waals surface area contributed by atoms with Gasteiger partial charge < -0.3 is 19.5 Å². The largest absolute Gasteiger partial charge is 0.496 e. The summed E-state index contributed by atoms with van der Waals surface area (Å²) >= 11 is 1.51. The number of benzene rings is 3. The number of carboxylic acids is 1. The highest BCUT2D eigenvalue weighted by molar-refractivity contribution is 7.07. The molecule has 1 amide bonds. The number of thiazole rings is 1. The van der Waals surface area contributed by atoms with Crippen molar-refractivity contribution in [2.75, 3.05) is 7.11 Å². The van der Waals surface area contributed by atoms with E-state index in [4.69, 9.17) is 9.47 Å². The normalized spacial score (nSPS) is 16.6. The summed E-state index contributed by atoms with van der Waals surface area (Å²) in [5, 5.41) is 12.7. The van der Waals surface area contributed by atoms with Gasteiger partial charge in [-0.2, -0.15) is 0 Å². The van der Waals surface area contributed by atoms with E-state index in [9.17, 15) is 14.7 Å². The van der Waals surface area contributed by atoms with E-state index in [2.05, 4.69) is 25.8 Å². The van der Waals surface area contributed by atoms with E-state index in [0.717, 1.165) is 27.9 Å². The Balaban J connectivity index is 1.56. The molecule has 1 unspecified atom stereocenters. The molecule has 1 atom stereocenters. The molecule has 0 aliphatic carbocycles. The molecule has 1 aromatic heterocycles. The molecule has 8 heteroatoms. The van der Waals surface area contributed by atoms with Crippen LogP contribution in [0.4, 0.5) is 0 Å². The van der Waals surface area contributed by atoms with Gasteiger partial charge in [-0.05, 0) is 51.9 Å². The van der Waals surface area contributed by atoms with Crippen molar-refractivity contribution in [2.45, 2.75) is 57.7 Å². The summed E-state index contributed by atoms with van der Waals surface area (Å²) in [5.41, 5.74) is 4.87. The smallest absolute Gasteiger partial charge is 0.330 e. The summed E-state index contributed by atoms with van der Waals surface area (Å²) < 4.78 is 11.6. The number of methoxy groups -OCH3 is 1. The van der Waals surface area contributed by atoms with Crippen molar-refractivity contribution in [2.24, 2.45) is 0 Å². The summed E-state index contributed by atoms with van der Waals surface area (Å²) in [7, 11) is 1.58. The van der Waals surface area contributed by atoms with Gasteiger partial charge in [-0.25, -0.2) is 9.78 Å². The molecule has 212 valence electrons. The van der Waals surface area contributed by atoms with Crippen LogP contribution in [0.15, 0.2) is 77.6 Å². The van der Waals surface area contributed by atoms with Crippen molar-refractivity contribution < 1.29 is 24.2 Å². The summed E-state index contributed by atoms with van der Waals surface area (Å²) in [5.74, 6) is -0.155. The van der Waals surface area contributed by atoms with Gasteiger partial charge in [-0.1, -0.05) is 63.2 Å². The molecule has 0 saturated carbocycles. The summed E-state index contributed by atoms with van der Waals surface area (Å²) in [6.07, 6.45) is 0.343. The van der Waals surface area contributed by atoms with Crippen LogP contribution >= 0.6 is 11.3 Å². The third kappa shape index (κ3) is 5.84. The van der Waals surface area contributed by atoms with Crippen molar-refractivity contribution in [3.63, 3.8) is 0 Å². The second-order valence-corrected chi connectivity index (χ2v) is 12.1. The van der Waals surface area contributed by atoms with Gasteiger partial charge in [0.2, 0.25) is 0 Å². The number of aromatic nitrogens is 1. The minimum Gasteiger partial charge on any atom is -0.496 e. The molecule has 0 fully saturated rings. The molecule has 4 aromatic rings. The van der Waals surface area contributed by atoms with Crippen molar-refractivity contribution in [3.8, 4) is 11.5 Å². The number of rotatable bonds is 8. The number of hydrogen-bond donors (Lipinski definition) is 1. The molecule has 0 spiro atoms. The van der Waals surface area contributed by atoms with E-state index >= 15 is 0 Å². The molecule has 0 saturated heterocycles. The quantitative estimate of drug-likeness (QED) is 0.268. The van der Waals surface area contributed by atoms with Crippen LogP contribution in [-0.4, -0.2) is 39.5 Å². The van der Waals surface area contributed by atoms with Gasteiger partial charge in [0.1, 0.15) is 23.6 Å². The van der Waals surface area contributed by atoms with Crippen LogP contribution in [0.2, 0.25) is 0 Å². The maximum atomic E-state index is 14.3. The highest BCUT2D eigenvalue weighted by Gasteiger charge is 2.50. The first-order valence-electron chi connectivity index (χ1n) is 13.5. The topological polar surface area (TPSA) is 89.0 Å². The molecule has 1 aliphatic rings. The van der Waals surface area contributed by atoms with E-state index in [-0.39, 0.29) is 30.7 Å². The number of nitrogens with zero attached hydrogens (tertiary/aromatic N) is 2. The number of carbonyl (C=O) groups excluding carboxylic acids is 1. The van der Waals surface area contributed by atoms with Gasteiger partial charge in [0.15, 0.2) is 0 Å². The van der Waals surface area contributed by atoms with Crippen LogP contribution < -0.4 is 9.47 Å². The summed E-state index contributed by atoms with van der Waals surface area (Å²) in [4.78, 5) is 33.3. The monoisotopic (exact) mass is 570 g/mol. The van der Waals surface area contributed by atoms with E-state index in [1.807, 2.05) is 60.0 Å². The highest BCUT2D eigenvalue weighted by atomic mass is 32.1. The van der Waals surface area contributed by atoms with Crippen LogP contribution in [0.3, 0.4) is 0 Å². The maximum Gasteiger partial charge on any atom is 0.330 e. The molecule has 41 heavy (non-hydrogen) atoms. The Labute approximate surface area is 244 Å². The number of fused-ring (bicyclic) bond motifs is 1. The average molecular weight is 571 g/mol. The predicted molar refractivity (Wildman–Crippen MR) is 159 cm³/mol. The number of hydrogen-bond acceptors (Lipinski definition) is 6. The Bertz CT molecular complexity index is 1550. The molecule has 0 radical (unpaired) electrons. The van der Waals surface area contributed by atoms with Gasteiger partial charge in [-0.15, -0.1) is 11.3 Å². The first-order chi connectivity index (χ1) is 19.6. The lowest BCUT2D eigenvalue weighted by molar-refractivity contribution is -0.151. The minimum absolute atomic E-state index is 0.130. The van der Waals surface area contributed by atoms with Crippen LogP contribution in [0.1, 0.15) is 59.1 Å². The van der Waals surface area contributed by atoms with E-state index in [0.29, 0.717) is 23.7 Å². The Morgan fingerprint density at radius 1 is 1.05 bits per heavy atom. The first-order valence-corrected chi connectivity index (χ1v) is 14.4. The fraction of sp³-hybridized carbons (Fsp3) is 0.303. The zero-order chi connectivity index (χ0) is 29.2. The van der Waals surface area contributed by atoms with Gasteiger partial charge >= 0.3 is 5.97 Å². The van der Waals surface area contributed by atoms with E-state index in [1.165, 1.54) is 16.2 Å². The van der Waals surface area contributed by atoms with Gasteiger partial charge in [0, 0.05) is 30.3 Å². The third-order valence-electron chi connectivity index (χ3n) is 7.62. The number of aliphatic carboxylic acids is 1. The van der Waals surface area contributed by atoms with Crippen LogP contribution in [0, 0.1) is 0 Å². The molecular weight excluding hydrogens is 536 g/mol. The molecule has 3 aromatic carbocycles. The van der Waals surface area contributed by atoms with E-state index in [1.54, 1.807) is 24.8 Å². The average Bonchev–Trinajstić information content (AvgIpc) is 3.49. The molecule has 1 N–H and O–H groups in total. The molecule has 5 rings (SSSR count). The molecule has 7 nitrogen and oxygen atoms in total. The van der Waals surface area contributed by atoms with Crippen LogP contribution in [0.5, 0.6) is 11.5 Å². The highest BCUT2D eigenvalue weighted by Crippen LogP contribution is 2.38. The lowest BCUT2D eigenvalue weighted by atomic mass is 9.78. The van der Waals surface area contributed by atoms with Crippen molar-refractivity contribution in [3.05, 3.63) is 111 Å². The first kappa shape index (κ1) is 28.4. The fourth-order valence-corrected chi connectivity index (χ4v) is 5.98. The van der Waals surface area contributed by atoms with Gasteiger partial charge in [-0.3, -0.25) is 4.79 Å². The van der Waals surface area contributed by atoms with Crippen molar-refractivity contribution in [1.29, 1.82) is 0 Å². The zero-order valence-corrected chi connectivity index (χ0v) is 24.5. The molecule has 1 aliphatic heterocycles. The number of carbonyl (C=O) groups is 2. The minimum atomic E-state index is -1.48. The zero-order valence-electron chi connectivity index (χ0n) is 23.7. The molecule has 0 bridgehead atoms. The standard InChI is InChI=1S/C33H34N2O5S/c1-32(2,3)28-13-11-23(15-29(28)39-4)30(36)35-18-25-14-27(40-19-26-20-41-21-34-26)12-10-24(25)17-33(35,31(37)38)16-22-8-6-5-7-9-22/h5-15,20-21H,16-19H2,1-4H3,(H,37,38). The Morgan fingerprint density at radius 2 is 1.83 bits per heavy atom. The Morgan fingerprint density at radius 3 is 2.49 bits per heavy atom. The van der Waals surface area contributed by atoms with Gasteiger partial charge in [0.25, 0.3) is 5.91 Å². The number of carboxylic acid groups (broad SMARTS) is 1. The molecule has 2 heterocycles. The number of amides is 1. The lowest BCUT2D eigenvalue weighted by Gasteiger charge is -2.45. The fourth-order valence-electron chi connectivity index (χ4n) is 5.43. The Kier molecular flexibility index (Phi) is 7.87. The maximum absolute atomic E-state index is 14.3. The van der Waals surface area contributed by atoms with Crippen molar-refractivity contribution >= 4 is 23.2 Å². The summed E-state index contributed by atoms with van der Waals surface area (Å²) in [6.45, 7) is 6.70. The number of ether oxygens (including phenoxy) is 2.